The highest BCUT2D eigenvalue weighted by Crippen LogP contribution is 2.03. The summed E-state index contributed by atoms with van der Waals surface area (Å²) in [5.41, 5.74) is 0.887. The van der Waals surface area contributed by atoms with Gasteiger partial charge in [0.15, 0.2) is 0 Å². The van der Waals surface area contributed by atoms with Gasteiger partial charge in [-0.2, -0.15) is 0 Å². The average molecular weight is 223 g/mol. The zero-order chi connectivity index (χ0) is 11.1. The molecule has 0 bridgehead atoms. The molecule has 3 nitrogen and oxygen atoms in total. The fourth-order valence-electron chi connectivity index (χ4n) is 0.991. The van der Waals surface area contributed by atoms with Crippen LogP contribution in [0.4, 0.5) is 0 Å². The number of carbonyl (C=O) groups excluding carboxylic acids is 2. The highest BCUT2D eigenvalue weighted by molar-refractivity contribution is 6.27. The molecule has 1 N–H and O–H groups in total. The number of benzene rings is 1. The molecule has 0 aromatic heterocycles. The summed E-state index contributed by atoms with van der Waals surface area (Å²) in [6.45, 7) is 0. The molecule has 1 aromatic carbocycles. The molecule has 15 heavy (non-hydrogen) atoms. The zero-order valence-electron chi connectivity index (χ0n) is 7.87. The van der Waals surface area contributed by atoms with E-state index in [9.17, 15) is 9.59 Å². The lowest BCUT2D eigenvalue weighted by molar-refractivity contribution is -0.117. The maximum atomic E-state index is 10.9. The average Bonchev–Trinajstić information content (AvgIpc) is 2.29. The fourth-order valence-corrected chi connectivity index (χ4v) is 1.06. The van der Waals surface area contributed by atoms with E-state index in [4.69, 9.17) is 11.6 Å². The minimum absolute atomic E-state index is 0.0758. The Balaban J connectivity index is 2.79. The molecule has 1 amide bonds. The lowest BCUT2D eigenvalue weighted by Gasteiger charge is -2.00. The van der Waals surface area contributed by atoms with E-state index in [2.05, 4.69) is 5.32 Å². The largest absolute Gasteiger partial charge is 0.322 e. The first-order valence-corrected chi connectivity index (χ1v) is 4.80. The van der Waals surface area contributed by atoms with Crippen molar-refractivity contribution >= 4 is 29.9 Å². The second-order valence-electron chi connectivity index (χ2n) is 2.75. The van der Waals surface area contributed by atoms with Crippen LogP contribution < -0.4 is 5.32 Å². The molecule has 0 saturated carbocycles. The summed E-state index contributed by atoms with van der Waals surface area (Å²) in [6, 6.07) is 9.14. The van der Waals surface area contributed by atoms with Crippen LogP contribution in [0.2, 0.25) is 0 Å². The number of hydrogen-bond acceptors (Lipinski definition) is 2. The molecule has 4 heteroatoms. The minimum Gasteiger partial charge on any atom is -0.322 e. The lowest BCUT2D eigenvalue weighted by Crippen LogP contribution is -2.24. The number of alkyl halides is 1. The van der Waals surface area contributed by atoms with Crippen molar-refractivity contribution in [2.45, 2.75) is 0 Å². The normalized spacial score (nSPS) is 10.9. The van der Waals surface area contributed by atoms with Crippen molar-refractivity contribution in [3.05, 3.63) is 41.6 Å². The van der Waals surface area contributed by atoms with Crippen molar-refractivity contribution in [1.29, 1.82) is 0 Å². The molecule has 0 atom stereocenters. The number of hydrogen-bond donors (Lipinski definition) is 1. The monoisotopic (exact) mass is 222 g/mol. The Morgan fingerprint density at radius 2 is 2.07 bits per heavy atom. The van der Waals surface area contributed by atoms with Crippen molar-refractivity contribution in [2.24, 2.45) is 0 Å². The molecule has 0 aliphatic carbocycles. The Bertz CT molecular complexity index is 373. The molecule has 77 valence electrons. The van der Waals surface area contributed by atoms with Crippen LogP contribution in [0.15, 0.2) is 36.0 Å². The molecule has 1 rings (SSSR count). The Morgan fingerprint density at radius 1 is 1.40 bits per heavy atom. The van der Waals surface area contributed by atoms with Crippen LogP contribution >= 0.6 is 11.6 Å². The van der Waals surface area contributed by atoms with E-state index < -0.39 is 5.91 Å². The van der Waals surface area contributed by atoms with E-state index in [1.165, 1.54) is 6.08 Å². The molecule has 0 aliphatic rings. The van der Waals surface area contributed by atoms with Gasteiger partial charge in [-0.3, -0.25) is 9.59 Å². The minimum atomic E-state index is -0.429. The Kier molecular flexibility index (Phi) is 4.57. The molecule has 1 aromatic rings. The quantitative estimate of drug-likeness (QED) is 0.620. The standard InChI is InChI=1S/C11H9ClNO2/c12-7-11(15)13-10(8-14)6-9-4-2-1-3-5-9/h1-6H,7H2,(H,13,15). The van der Waals surface area contributed by atoms with E-state index in [1.807, 2.05) is 30.3 Å². The molecule has 0 saturated heterocycles. The van der Waals surface area contributed by atoms with Gasteiger partial charge < -0.3 is 5.32 Å². The van der Waals surface area contributed by atoms with Gasteiger partial charge in [0, 0.05) is 0 Å². The Morgan fingerprint density at radius 3 is 2.60 bits per heavy atom. The summed E-state index contributed by atoms with van der Waals surface area (Å²) in [5.74, 6) is -0.615. The van der Waals surface area contributed by atoms with Gasteiger partial charge in [0.2, 0.25) is 5.91 Å². The van der Waals surface area contributed by atoms with Crippen molar-refractivity contribution < 1.29 is 9.59 Å². The van der Waals surface area contributed by atoms with Crippen molar-refractivity contribution in [3.8, 4) is 0 Å². The highest BCUT2D eigenvalue weighted by atomic mass is 35.5. The van der Waals surface area contributed by atoms with Crippen molar-refractivity contribution in [2.75, 3.05) is 5.88 Å². The van der Waals surface area contributed by atoms with Crippen molar-refractivity contribution in [1.82, 2.24) is 5.32 Å². The first-order chi connectivity index (χ1) is 7.26. The van der Waals surface area contributed by atoms with Gasteiger partial charge in [0.25, 0.3) is 6.29 Å². The summed E-state index contributed by atoms with van der Waals surface area (Å²) in [4.78, 5) is 21.4. The molecule has 0 spiro atoms. The molecule has 0 heterocycles. The van der Waals surface area contributed by atoms with E-state index in [-0.39, 0.29) is 11.6 Å². The maximum Gasteiger partial charge on any atom is 0.251 e. The third-order valence-corrected chi connectivity index (χ3v) is 1.86. The van der Waals surface area contributed by atoms with E-state index in [0.717, 1.165) is 5.56 Å². The number of halogens is 1. The number of nitrogens with one attached hydrogen (secondary N) is 1. The highest BCUT2D eigenvalue weighted by Gasteiger charge is 2.02. The molecule has 0 aliphatic heterocycles. The van der Waals surface area contributed by atoms with Crippen molar-refractivity contribution in [3.63, 3.8) is 0 Å². The Labute approximate surface area is 92.7 Å². The molecule has 0 unspecified atom stereocenters. The van der Waals surface area contributed by atoms with E-state index in [1.54, 1.807) is 6.29 Å². The SMILES string of the molecule is O=[C]C(=Cc1ccccc1)NC(=O)CCl. The molecule has 0 fully saturated rings. The van der Waals surface area contributed by atoms with Crippen LogP contribution in [0.25, 0.3) is 6.08 Å². The fraction of sp³-hybridized carbons (Fsp3) is 0.0909. The number of carbonyl (C=O) groups is 1. The summed E-state index contributed by atoms with van der Waals surface area (Å²) in [6.07, 6.45) is 3.16. The van der Waals surface area contributed by atoms with Gasteiger partial charge in [-0.05, 0) is 11.6 Å². The zero-order valence-corrected chi connectivity index (χ0v) is 8.62. The maximum absolute atomic E-state index is 10.9. The van der Waals surface area contributed by atoms with Crippen LogP contribution in [-0.4, -0.2) is 18.1 Å². The summed E-state index contributed by atoms with van der Waals surface area (Å²) < 4.78 is 0. The second kappa shape index (κ2) is 5.98. The van der Waals surface area contributed by atoms with Gasteiger partial charge >= 0.3 is 0 Å². The Hall–Kier alpha value is -1.61. The topological polar surface area (TPSA) is 46.2 Å². The van der Waals surface area contributed by atoms with Crippen LogP contribution in [0.1, 0.15) is 5.56 Å². The summed E-state index contributed by atoms with van der Waals surface area (Å²) in [5, 5.41) is 2.33. The molecule has 1 radical (unpaired) electrons. The van der Waals surface area contributed by atoms with E-state index in [0.29, 0.717) is 0 Å². The van der Waals surface area contributed by atoms with Gasteiger partial charge in [0.05, 0.1) is 5.70 Å². The van der Waals surface area contributed by atoms with Gasteiger partial charge in [-0.25, -0.2) is 0 Å². The van der Waals surface area contributed by atoms with E-state index >= 15 is 0 Å². The number of rotatable bonds is 4. The predicted molar refractivity (Wildman–Crippen MR) is 59.0 cm³/mol. The number of amides is 1. The summed E-state index contributed by atoms with van der Waals surface area (Å²) in [7, 11) is 0. The summed E-state index contributed by atoms with van der Waals surface area (Å²) >= 11 is 5.29. The second-order valence-corrected chi connectivity index (χ2v) is 3.02. The first kappa shape index (κ1) is 11.5. The molecular formula is C11H9ClNO2. The van der Waals surface area contributed by atoms with Gasteiger partial charge in [0.1, 0.15) is 5.88 Å². The van der Waals surface area contributed by atoms with Crippen LogP contribution in [-0.2, 0) is 9.59 Å². The van der Waals surface area contributed by atoms with Crippen LogP contribution in [0.5, 0.6) is 0 Å². The number of allylic oxidation sites excluding steroid dienone is 1. The first-order valence-electron chi connectivity index (χ1n) is 4.27. The third kappa shape index (κ3) is 3.95. The smallest absolute Gasteiger partial charge is 0.251 e. The lowest BCUT2D eigenvalue weighted by atomic mass is 10.2. The van der Waals surface area contributed by atoms with Gasteiger partial charge in [-0.15, -0.1) is 11.6 Å². The van der Waals surface area contributed by atoms with Crippen LogP contribution in [0.3, 0.4) is 0 Å². The molecular weight excluding hydrogens is 214 g/mol. The third-order valence-electron chi connectivity index (χ3n) is 1.62. The van der Waals surface area contributed by atoms with Crippen LogP contribution in [0, 0.1) is 0 Å². The predicted octanol–water partition coefficient (Wildman–Crippen LogP) is 1.49. The van der Waals surface area contributed by atoms with Gasteiger partial charge in [-0.1, -0.05) is 30.3 Å².